The molecule has 0 aromatic heterocycles. The number of nitrogens with one attached hydrogen (secondary N) is 2. The first-order valence-electron chi connectivity index (χ1n) is 2.45. The van der Waals surface area contributed by atoms with Gasteiger partial charge in [0.25, 0.3) is 0 Å². The summed E-state index contributed by atoms with van der Waals surface area (Å²) in [6, 6.07) is 0. The Morgan fingerprint density at radius 1 is 1.30 bits per heavy atom. The summed E-state index contributed by atoms with van der Waals surface area (Å²) in [5, 5.41) is 13.5. The van der Waals surface area contributed by atoms with E-state index >= 15 is 0 Å². The van der Waals surface area contributed by atoms with E-state index in [0.717, 1.165) is 0 Å². The van der Waals surface area contributed by atoms with Crippen molar-refractivity contribution in [2.45, 2.75) is 6.92 Å². The van der Waals surface area contributed by atoms with Crippen molar-refractivity contribution in [1.82, 2.24) is 4.90 Å². The number of hydrogen-bond acceptors (Lipinski definition) is 3. The highest BCUT2D eigenvalue weighted by molar-refractivity contribution is 6.09. The Kier molecular flexibility index (Phi) is 2.36. The molecule has 0 saturated carbocycles. The maximum absolute atomic E-state index is 10.5. The average molecular weight is 143 g/mol. The van der Waals surface area contributed by atoms with Crippen LogP contribution in [0.1, 0.15) is 6.92 Å². The van der Waals surface area contributed by atoms with Gasteiger partial charge in [-0.1, -0.05) is 0 Å². The first-order chi connectivity index (χ1) is 4.46. The summed E-state index contributed by atoms with van der Waals surface area (Å²) in [6.07, 6.45) is 0. The lowest BCUT2D eigenvalue weighted by Crippen LogP contribution is -2.47. The Balaban J connectivity index is 4.43. The fourth-order valence-corrected chi connectivity index (χ4v) is 0.469. The van der Waals surface area contributed by atoms with E-state index in [2.05, 4.69) is 0 Å². The van der Waals surface area contributed by atoms with Crippen LogP contribution < -0.4 is 11.5 Å². The largest absolute Gasteiger partial charge is 0.369 e. The van der Waals surface area contributed by atoms with Crippen molar-refractivity contribution >= 4 is 17.8 Å². The standard InChI is InChI=1S/C4H9N5O/c1-2(10)9(3(5)6)4(7)8/h1H3,(H3,5,6)(H3,7,8). The smallest absolute Gasteiger partial charge is 0.233 e. The molecule has 0 atom stereocenters. The molecule has 0 radical (unpaired) electrons. The maximum atomic E-state index is 10.5. The Morgan fingerprint density at radius 2 is 1.60 bits per heavy atom. The van der Waals surface area contributed by atoms with E-state index in [0.29, 0.717) is 4.90 Å². The Morgan fingerprint density at radius 3 is 1.60 bits per heavy atom. The minimum atomic E-state index is -0.542. The second kappa shape index (κ2) is 2.81. The van der Waals surface area contributed by atoms with Crippen molar-refractivity contribution in [3.05, 3.63) is 0 Å². The summed E-state index contributed by atoms with van der Waals surface area (Å²) in [6.45, 7) is 1.17. The van der Waals surface area contributed by atoms with Gasteiger partial charge in [0, 0.05) is 6.92 Å². The maximum Gasteiger partial charge on any atom is 0.233 e. The van der Waals surface area contributed by atoms with Crippen LogP contribution in [-0.2, 0) is 4.79 Å². The van der Waals surface area contributed by atoms with Crippen LogP contribution in [0, 0.1) is 10.8 Å². The van der Waals surface area contributed by atoms with Gasteiger partial charge >= 0.3 is 0 Å². The van der Waals surface area contributed by atoms with Gasteiger partial charge in [-0.3, -0.25) is 15.6 Å². The molecule has 56 valence electrons. The monoisotopic (exact) mass is 143 g/mol. The lowest BCUT2D eigenvalue weighted by Gasteiger charge is -2.14. The normalized spacial score (nSPS) is 8.50. The van der Waals surface area contributed by atoms with E-state index in [1.54, 1.807) is 0 Å². The van der Waals surface area contributed by atoms with Crippen LogP contribution in [0.4, 0.5) is 0 Å². The van der Waals surface area contributed by atoms with Crippen LogP contribution in [0.25, 0.3) is 0 Å². The molecule has 0 fully saturated rings. The van der Waals surface area contributed by atoms with E-state index < -0.39 is 17.8 Å². The van der Waals surface area contributed by atoms with E-state index in [1.807, 2.05) is 0 Å². The summed E-state index contributed by atoms with van der Waals surface area (Å²) in [4.78, 5) is 11.1. The second-order valence-corrected chi connectivity index (χ2v) is 1.62. The number of amides is 1. The van der Waals surface area contributed by atoms with Crippen molar-refractivity contribution in [3.63, 3.8) is 0 Å². The van der Waals surface area contributed by atoms with Crippen molar-refractivity contribution < 1.29 is 4.79 Å². The summed E-state index contributed by atoms with van der Waals surface area (Å²) in [5.41, 5.74) is 9.81. The summed E-state index contributed by atoms with van der Waals surface area (Å²) < 4.78 is 0. The number of guanidine groups is 2. The lowest BCUT2D eigenvalue weighted by molar-refractivity contribution is -0.122. The molecule has 0 spiro atoms. The van der Waals surface area contributed by atoms with E-state index in [1.165, 1.54) is 6.92 Å². The summed E-state index contributed by atoms with van der Waals surface area (Å²) in [7, 11) is 0. The number of carbonyl (C=O) groups is 1. The SMILES string of the molecule is CC(=O)N(C(=N)N)C(=N)N. The molecule has 0 aromatic carbocycles. The van der Waals surface area contributed by atoms with Gasteiger partial charge < -0.3 is 11.5 Å². The number of carbonyl (C=O) groups excluding carboxylic acids is 1. The molecule has 6 N–H and O–H groups in total. The highest BCUT2D eigenvalue weighted by atomic mass is 16.2. The van der Waals surface area contributed by atoms with Gasteiger partial charge in [-0.2, -0.15) is 0 Å². The first kappa shape index (κ1) is 8.41. The zero-order valence-electron chi connectivity index (χ0n) is 5.51. The molecule has 0 aliphatic heterocycles. The molecule has 0 aliphatic rings. The highest BCUT2D eigenvalue weighted by Crippen LogP contribution is 1.84. The van der Waals surface area contributed by atoms with E-state index in [9.17, 15) is 4.79 Å². The van der Waals surface area contributed by atoms with Crippen LogP contribution in [0.15, 0.2) is 0 Å². The topological polar surface area (TPSA) is 120 Å². The van der Waals surface area contributed by atoms with Gasteiger partial charge in [-0.15, -0.1) is 0 Å². The Bertz CT molecular complexity index is 153. The zero-order chi connectivity index (χ0) is 8.31. The third-order valence-electron chi connectivity index (χ3n) is 0.797. The predicted octanol–water partition coefficient (Wildman–Crippen LogP) is -1.38. The third-order valence-corrected chi connectivity index (χ3v) is 0.797. The minimum absolute atomic E-state index is 0.542. The molecule has 10 heavy (non-hydrogen) atoms. The Labute approximate surface area is 57.8 Å². The van der Waals surface area contributed by atoms with E-state index in [-0.39, 0.29) is 0 Å². The van der Waals surface area contributed by atoms with Gasteiger partial charge in [0.05, 0.1) is 0 Å². The molecule has 6 nitrogen and oxygen atoms in total. The molecule has 0 saturated heterocycles. The predicted molar refractivity (Wildman–Crippen MR) is 36.3 cm³/mol. The molecule has 0 heterocycles. The molecular formula is C4H9N5O. The van der Waals surface area contributed by atoms with Gasteiger partial charge in [0.15, 0.2) is 0 Å². The van der Waals surface area contributed by atoms with Crippen LogP contribution in [0.5, 0.6) is 0 Å². The molecule has 0 unspecified atom stereocenters. The number of nitrogens with zero attached hydrogens (tertiary/aromatic N) is 1. The van der Waals surface area contributed by atoms with E-state index in [4.69, 9.17) is 22.3 Å². The molecule has 0 aromatic rings. The number of hydrogen-bond donors (Lipinski definition) is 4. The highest BCUT2D eigenvalue weighted by Gasteiger charge is 2.13. The molecule has 0 bridgehead atoms. The quantitative estimate of drug-likeness (QED) is 0.247. The van der Waals surface area contributed by atoms with Crippen LogP contribution in [0.2, 0.25) is 0 Å². The molecule has 0 rings (SSSR count). The average Bonchev–Trinajstić information content (AvgIpc) is 1.59. The molecular weight excluding hydrogens is 134 g/mol. The second-order valence-electron chi connectivity index (χ2n) is 1.62. The first-order valence-corrected chi connectivity index (χ1v) is 2.45. The third kappa shape index (κ3) is 1.73. The van der Waals surface area contributed by atoms with Crippen LogP contribution in [0.3, 0.4) is 0 Å². The van der Waals surface area contributed by atoms with Crippen LogP contribution >= 0.6 is 0 Å². The summed E-state index contributed by atoms with van der Waals surface area (Å²) in [5.74, 6) is -1.62. The fourth-order valence-electron chi connectivity index (χ4n) is 0.469. The molecule has 6 heteroatoms. The number of nitrogens with two attached hydrogens (primary N) is 2. The summed E-state index contributed by atoms with van der Waals surface area (Å²) >= 11 is 0. The minimum Gasteiger partial charge on any atom is -0.369 e. The van der Waals surface area contributed by atoms with Gasteiger partial charge in [0.1, 0.15) is 0 Å². The molecule has 0 aliphatic carbocycles. The zero-order valence-corrected chi connectivity index (χ0v) is 5.51. The van der Waals surface area contributed by atoms with Gasteiger partial charge in [-0.05, 0) is 0 Å². The van der Waals surface area contributed by atoms with Gasteiger partial charge in [0.2, 0.25) is 17.8 Å². The van der Waals surface area contributed by atoms with Crippen molar-refractivity contribution in [1.29, 1.82) is 10.8 Å². The number of rotatable bonds is 0. The Hall–Kier alpha value is -1.59. The van der Waals surface area contributed by atoms with Crippen molar-refractivity contribution in [2.24, 2.45) is 11.5 Å². The fraction of sp³-hybridized carbons (Fsp3) is 0.250. The van der Waals surface area contributed by atoms with Crippen molar-refractivity contribution in [2.75, 3.05) is 0 Å². The van der Waals surface area contributed by atoms with Crippen molar-refractivity contribution in [3.8, 4) is 0 Å². The van der Waals surface area contributed by atoms with Crippen LogP contribution in [-0.4, -0.2) is 22.7 Å². The lowest BCUT2D eigenvalue weighted by atomic mass is 10.6. The van der Waals surface area contributed by atoms with Gasteiger partial charge in [-0.25, -0.2) is 4.90 Å². The molecule has 1 amide bonds.